The molecule has 3 rings (SSSR count). The molecule has 96 valence electrons. The molecule has 0 bridgehead atoms. The van der Waals surface area contributed by atoms with E-state index in [1.807, 2.05) is 6.07 Å². The number of nitrogens with zero attached hydrogens (tertiary/aromatic N) is 2. The molecule has 0 aliphatic rings. The number of thioether (sulfide) groups is 1. The summed E-state index contributed by atoms with van der Waals surface area (Å²) in [4.78, 5) is 11.6. The summed E-state index contributed by atoms with van der Waals surface area (Å²) in [6.07, 6.45) is 3.44. The summed E-state index contributed by atoms with van der Waals surface area (Å²) in [5.41, 5.74) is 2.66. The minimum Gasteiger partial charge on any atom is -0.332 e. The molecule has 0 radical (unpaired) electrons. The number of hydrogen-bond donors (Lipinski definition) is 1. The van der Waals surface area contributed by atoms with Crippen LogP contribution in [0, 0.1) is 5.82 Å². The summed E-state index contributed by atoms with van der Waals surface area (Å²) in [6.45, 7) is 0. The highest BCUT2D eigenvalue weighted by Crippen LogP contribution is 2.26. The zero-order valence-electron chi connectivity index (χ0n) is 9.73. The zero-order valence-corrected chi connectivity index (χ0v) is 11.3. The van der Waals surface area contributed by atoms with Gasteiger partial charge in [-0.05, 0) is 23.8 Å². The molecule has 2 aromatic heterocycles. The van der Waals surface area contributed by atoms with Crippen molar-refractivity contribution in [2.75, 3.05) is 0 Å². The zero-order chi connectivity index (χ0) is 13.2. The van der Waals surface area contributed by atoms with Gasteiger partial charge in [0.2, 0.25) is 0 Å². The number of aromatic nitrogens is 3. The molecule has 6 heteroatoms. The van der Waals surface area contributed by atoms with E-state index in [2.05, 4.69) is 15.0 Å². The maximum absolute atomic E-state index is 12.9. The van der Waals surface area contributed by atoms with E-state index in [0.29, 0.717) is 10.8 Å². The molecule has 0 saturated carbocycles. The molecule has 0 fully saturated rings. The number of fused-ring (bicyclic) bond motifs is 1. The van der Waals surface area contributed by atoms with Crippen molar-refractivity contribution >= 4 is 34.4 Å². The average Bonchev–Trinajstić information content (AvgIpc) is 2.80. The number of nitrogens with one attached hydrogen (secondary N) is 1. The summed E-state index contributed by atoms with van der Waals surface area (Å²) >= 11 is 7.50. The molecule has 19 heavy (non-hydrogen) atoms. The third kappa shape index (κ3) is 2.72. The smallest absolute Gasteiger partial charge is 0.166 e. The van der Waals surface area contributed by atoms with E-state index in [0.717, 1.165) is 21.8 Å². The van der Waals surface area contributed by atoms with Crippen LogP contribution < -0.4 is 0 Å². The van der Waals surface area contributed by atoms with Gasteiger partial charge in [-0.3, -0.25) is 4.98 Å². The van der Waals surface area contributed by atoms with Crippen LogP contribution in [0.15, 0.2) is 41.8 Å². The molecule has 0 aliphatic heterocycles. The lowest BCUT2D eigenvalue weighted by Gasteiger charge is -2.02. The van der Waals surface area contributed by atoms with E-state index >= 15 is 0 Å². The Morgan fingerprint density at radius 1 is 1.32 bits per heavy atom. The fourth-order valence-electron chi connectivity index (χ4n) is 1.69. The summed E-state index contributed by atoms with van der Waals surface area (Å²) in [7, 11) is 0. The quantitative estimate of drug-likeness (QED) is 0.741. The Hall–Kier alpha value is -1.59. The van der Waals surface area contributed by atoms with Crippen molar-refractivity contribution < 1.29 is 4.39 Å². The van der Waals surface area contributed by atoms with Gasteiger partial charge >= 0.3 is 0 Å². The minimum atomic E-state index is -0.325. The molecule has 3 nitrogen and oxygen atoms in total. The molecule has 1 aromatic carbocycles. The lowest BCUT2D eigenvalue weighted by molar-refractivity contribution is 0.627. The van der Waals surface area contributed by atoms with Gasteiger partial charge < -0.3 is 4.98 Å². The lowest BCUT2D eigenvalue weighted by atomic mass is 10.2. The number of hydrogen-bond acceptors (Lipinski definition) is 3. The lowest BCUT2D eigenvalue weighted by Crippen LogP contribution is -1.85. The Morgan fingerprint density at radius 3 is 3.00 bits per heavy atom. The van der Waals surface area contributed by atoms with E-state index in [1.54, 1.807) is 18.5 Å². The Morgan fingerprint density at radius 2 is 2.21 bits per heavy atom. The van der Waals surface area contributed by atoms with E-state index in [9.17, 15) is 4.39 Å². The number of pyridine rings is 1. The summed E-state index contributed by atoms with van der Waals surface area (Å²) in [5, 5.41) is 1.23. The Kier molecular flexibility index (Phi) is 3.40. The van der Waals surface area contributed by atoms with Gasteiger partial charge in [-0.2, -0.15) is 0 Å². The highest BCUT2D eigenvalue weighted by atomic mass is 35.5. The molecule has 2 heterocycles. The van der Waals surface area contributed by atoms with Crippen molar-refractivity contribution in [2.24, 2.45) is 0 Å². The van der Waals surface area contributed by atoms with E-state index in [4.69, 9.17) is 11.6 Å². The second kappa shape index (κ2) is 5.19. The fraction of sp³-hybridized carbons (Fsp3) is 0.0769. The normalized spacial score (nSPS) is 11.1. The topological polar surface area (TPSA) is 41.6 Å². The summed E-state index contributed by atoms with van der Waals surface area (Å²) in [6, 6.07) is 6.26. The van der Waals surface area contributed by atoms with Crippen molar-refractivity contribution in [1.29, 1.82) is 0 Å². The molecular formula is C13H9ClFN3S. The van der Waals surface area contributed by atoms with Crippen LogP contribution in [0.5, 0.6) is 0 Å². The Balaban J connectivity index is 1.78. The van der Waals surface area contributed by atoms with Crippen molar-refractivity contribution in [3.63, 3.8) is 0 Å². The second-order valence-electron chi connectivity index (χ2n) is 3.96. The third-order valence-corrected chi connectivity index (χ3v) is 3.92. The summed E-state index contributed by atoms with van der Waals surface area (Å²) < 4.78 is 12.9. The maximum Gasteiger partial charge on any atom is 0.166 e. The molecule has 0 saturated heterocycles. The number of aromatic amines is 1. The van der Waals surface area contributed by atoms with Gasteiger partial charge in [0.1, 0.15) is 5.82 Å². The molecule has 0 aliphatic carbocycles. The van der Waals surface area contributed by atoms with Crippen LogP contribution in [0.3, 0.4) is 0 Å². The molecule has 3 aromatic rings. The molecule has 0 amide bonds. The van der Waals surface area contributed by atoms with Crippen LogP contribution in [0.4, 0.5) is 4.39 Å². The molecule has 0 unspecified atom stereocenters. The van der Waals surface area contributed by atoms with Gasteiger partial charge in [-0.15, -0.1) is 0 Å². The van der Waals surface area contributed by atoms with E-state index < -0.39 is 0 Å². The van der Waals surface area contributed by atoms with E-state index in [-0.39, 0.29) is 5.82 Å². The van der Waals surface area contributed by atoms with Crippen LogP contribution in [0.25, 0.3) is 11.0 Å². The Labute approximate surface area is 118 Å². The monoisotopic (exact) mass is 293 g/mol. The SMILES string of the molecule is Fc1ccc(CSc2nc3ccncc3[nH]2)c(Cl)c1. The first-order valence-electron chi connectivity index (χ1n) is 5.59. The van der Waals surface area contributed by atoms with Crippen molar-refractivity contribution in [3.8, 4) is 0 Å². The van der Waals surface area contributed by atoms with Gasteiger partial charge in [0.05, 0.1) is 17.2 Å². The number of halogens is 2. The first-order valence-corrected chi connectivity index (χ1v) is 6.95. The highest BCUT2D eigenvalue weighted by Gasteiger charge is 2.06. The van der Waals surface area contributed by atoms with Crippen LogP contribution in [0.2, 0.25) is 5.02 Å². The van der Waals surface area contributed by atoms with Crippen molar-refractivity contribution in [3.05, 3.63) is 53.1 Å². The van der Waals surface area contributed by atoms with Gasteiger partial charge in [0.15, 0.2) is 5.16 Å². The first-order chi connectivity index (χ1) is 9.22. The standard InChI is InChI=1S/C13H9ClFN3S/c14-10-5-9(15)2-1-8(10)7-19-13-17-11-3-4-16-6-12(11)18-13/h1-6H,7H2,(H,17,18). The van der Waals surface area contributed by atoms with Crippen LogP contribution in [-0.4, -0.2) is 15.0 Å². The van der Waals surface area contributed by atoms with Gasteiger partial charge in [0, 0.05) is 17.0 Å². The van der Waals surface area contributed by atoms with E-state index in [1.165, 1.54) is 23.9 Å². The fourth-order valence-corrected chi connectivity index (χ4v) is 2.89. The van der Waals surface area contributed by atoms with Crippen molar-refractivity contribution in [2.45, 2.75) is 10.9 Å². The van der Waals surface area contributed by atoms with Gasteiger partial charge in [-0.1, -0.05) is 29.4 Å². The van der Waals surface area contributed by atoms with Crippen LogP contribution in [-0.2, 0) is 5.75 Å². The largest absolute Gasteiger partial charge is 0.332 e. The van der Waals surface area contributed by atoms with Crippen molar-refractivity contribution in [1.82, 2.24) is 15.0 Å². The maximum atomic E-state index is 12.9. The highest BCUT2D eigenvalue weighted by molar-refractivity contribution is 7.98. The van der Waals surface area contributed by atoms with Crippen LogP contribution >= 0.6 is 23.4 Å². The predicted molar refractivity (Wildman–Crippen MR) is 74.9 cm³/mol. The minimum absolute atomic E-state index is 0.325. The third-order valence-electron chi connectivity index (χ3n) is 2.64. The second-order valence-corrected chi connectivity index (χ2v) is 5.33. The van der Waals surface area contributed by atoms with Gasteiger partial charge in [0.25, 0.3) is 0 Å². The number of imidazole rings is 1. The van der Waals surface area contributed by atoms with Gasteiger partial charge in [-0.25, -0.2) is 9.37 Å². The number of rotatable bonds is 3. The molecule has 0 atom stereocenters. The van der Waals surface area contributed by atoms with Crippen LogP contribution in [0.1, 0.15) is 5.56 Å². The Bertz CT molecular complexity index is 696. The number of H-pyrrole nitrogens is 1. The number of benzene rings is 1. The predicted octanol–water partition coefficient (Wildman–Crippen LogP) is 4.04. The average molecular weight is 294 g/mol. The molecular weight excluding hydrogens is 285 g/mol. The summed E-state index contributed by atoms with van der Waals surface area (Å²) in [5.74, 6) is 0.306. The molecule has 0 spiro atoms. The first kappa shape index (κ1) is 12.4. The molecule has 1 N–H and O–H groups in total.